The number of rotatable bonds is 4. The van der Waals surface area contributed by atoms with Crippen LogP contribution in [0.15, 0.2) is 39.5 Å². The minimum atomic E-state index is -0.570. The molecule has 0 bridgehead atoms. The van der Waals surface area contributed by atoms with Crippen molar-refractivity contribution in [3.63, 3.8) is 0 Å². The number of carbonyl (C=O) groups is 1. The van der Waals surface area contributed by atoms with Crippen molar-refractivity contribution in [3.8, 4) is 0 Å². The van der Waals surface area contributed by atoms with Crippen LogP contribution in [0, 0.1) is 6.92 Å². The minimum Gasteiger partial charge on any atom is -0.427 e. The first-order valence-electron chi connectivity index (χ1n) is 8.90. The predicted molar refractivity (Wildman–Crippen MR) is 118 cm³/mol. The quantitative estimate of drug-likeness (QED) is 0.779. The molecule has 0 spiro atoms. The maximum Gasteiger partial charge on any atom is 0.349 e. The monoisotopic (exact) mass is 427 g/mol. The Bertz CT molecular complexity index is 862. The van der Waals surface area contributed by atoms with Crippen LogP contribution >= 0.6 is 24.8 Å². The average molecular weight is 428 g/mol. The molecule has 6 nitrogen and oxygen atoms in total. The number of halogens is 2. The standard InChI is InChI=1S/C20H25N3O3.2ClH/c1-13-11-17(14-7-9-21-10-8-14)26-20(25)18(13)19(24)22-15-5-4-6-16(12-15)23(2)3;;/h4-6,11-12,14,21H,7-10H2,1-3H3,(H,22,24);2*1H. The lowest BCUT2D eigenvalue weighted by Crippen LogP contribution is -2.28. The van der Waals surface area contributed by atoms with Gasteiger partial charge in [0.05, 0.1) is 0 Å². The molecule has 0 aliphatic carbocycles. The lowest BCUT2D eigenvalue weighted by atomic mass is 9.94. The van der Waals surface area contributed by atoms with Gasteiger partial charge >= 0.3 is 5.63 Å². The molecule has 1 aliphatic rings. The Hall–Kier alpha value is -2.02. The van der Waals surface area contributed by atoms with E-state index in [1.54, 1.807) is 13.0 Å². The summed E-state index contributed by atoms with van der Waals surface area (Å²) in [5, 5.41) is 6.09. The van der Waals surface area contributed by atoms with Crippen LogP contribution in [0.2, 0.25) is 0 Å². The highest BCUT2D eigenvalue weighted by atomic mass is 35.5. The molecule has 28 heavy (non-hydrogen) atoms. The van der Waals surface area contributed by atoms with Crippen LogP contribution in [-0.2, 0) is 0 Å². The summed E-state index contributed by atoms with van der Waals surface area (Å²) in [5.74, 6) is 0.473. The third kappa shape index (κ3) is 5.50. The van der Waals surface area contributed by atoms with Gasteiger partial charge in [0.25, 0.3) is 5.91 Å². The number of benzene rings is 1. The number of nitrogens with zero attached hydrogens (tertiary/aromatic N) is 1. The van der Waals surface area contributed by atoms with E-state index in [1.807, 2.05) is 43.3 Å². The maximum atomic E-state index is 12.6. The lowest BCUT2D eigenvalue weighted by molar-refractivity contribution is 0.102. The molecule has 2 N–H and O–H groups in total. The van der Waals surface area contributed by atoms with Gasteiger partial charge in [0.15, 0.2) is 0 Å². The molecule has 8 heteroatoms. The van der Waals surface area contributed by atoms with Gasteiger partial charge in [-0.25, -0.2) is 4.79 Å². The number of piperidine rings is 1. The summed E-state index contributed by atoms with van der Waals surface area (Å²) in [6.45, 7) is 3.61. The predicted octanol–water partition coefficient (Wildman–Crippen LogP) is 3.58. The van der Waals surface area contributed by atoms with Crippen molar-refractivity contribution in [2.75, 3.05) is 37.4 Å². The smallest absolute Gasteiger partial charge is 0.349 e. The van der Waals surface area contributed by atoms with Gasteiger partial charge in [-0.15, -0.1) is 24.8 Å². The largest absolute Gasteiger partial charge is 0.427 e. The minimum absolute atomic E-state index is 0. The van der Waals surface area contributed by atoms with E-state index in [-0.39, 0.29) is 36.3 Å². The van der Waals surface area contributed by atoms with Crippen LogP contribution in [0.3, 0.4) is 0 Å². The van der Waals surface area contributed by atoms with Crippen LogP contribution in [0.4, 0.5) is 11.4 Å². The van der Waals surface area contributed by atoms with Crippen LogP contribution < -0.4 is 21.2 Å². The lowest BCUT2D eigenvalue weighted by Gasteiger charge is -2.22. The number of nitrogens with one attached hydrogen (secondary N) is 2. The second-order valence-corrected chi connectivity index (χ2v) is 6.92. The third-order valence-electron chi connectivity index (χ3n) is 4.76. The van der Waals surface area contributed by atoms with Crippen molar-refractivity contribution >= 4 is 42.1 Å². The van der Waals surface area contributed by atoms with E-state index in [9.17, 15) is 9.59 Å². The molecule has 1 amide bonds. The zero-order valence-corrected chi connectivity index (χ0v) is 17.9. The summed E-state index contributed by atoms with van der Waals surface area (Å²) in [4.78, 5) is 27.0. The molecule has 2 heterocycles. The summed E-state index contributed by atoms with van der Waals surface area (Å²) in [6.07, 6.45) is 1.87. The SMILES string of the molecule is Cc1cc(C2CCNCC2)oc(=O)c1C(=O)Nc1cccc(N(C)C)c1.Cl.Cl. The first-order chi connectivity index (χ1) is 12.5. The van der Waals surface area contributed by atoms with Gasteiger partial charge in [0.1, 0.15) is 11.3 Å². The highest BCUT2D eigenvalue weighted by Gasteiger charge is 2.22. The fraction of sp³-hybridized carbons (Fsp3) is 0.400. The molecule has 154 valence electrons. The molecule has 1 aromatic heterocycles. The molecular weight excluding hydrogens is 401 g/mol. The van der Waals surface area contributed by atoms with E-state index in [1.165, 1.54) is 0 Å². The molecule has 1 fully saturated rings. The maximum absolute atomic E-state index is 12.6. The van der Waals surface area contributed by atoms with Gasteiger partial charge in [-0.3, -0.25) is 4.79 Å². The molecular formula is C20H27Cl2N3O3. The highest BCUT2D eigenvalue weighted by Crippen LogP contribution is 2.26. The number of carbonyl (C=O) groups excluding carboxylic acids is 1. The first-order valence-corrected chi connectivity index (χ1v) is 8.90. The van der Waals surface area contributed by atoms with Crippen LogP contribution in [0.1, 0.15) is 40.4 Å². The van der Waals surface area contributed by atoms with Crippen molar-refractivity contribution in [2.24, 2.45) is 0 Å². The van der Waals surface area contributed by atoms with Crippen molar-refractivity contribution in [1.29, 1.82) is 0 Å². The molecule has 1 aromatic carbocycles. The van der Waals surface area contributed by atoms with Gasteiger partial charge in [-0.05, 0) is 62.7 Å². The molecule has 1 saturated heterocycles. The van der Waals surface area contributed by atoms with E-state index >= 15 is 0 Å². The number of amides is 1. The summed E-state index contributed by atoms with van der Waals surface area (Å²) < 4.78 is 5.50. The third-order valence-corrected chi connectivity index (χ3v) is 4.76. The van der Waals surface area contributed by atoms with Gasteiger partial charge in [-0.2, -0.15) is 0 Å². The normalized spacial score (nSPS) is 13.8. The van der Waals surface area contributed by atoms with E-state index in [0.717, 1.165) is 31.6 Å². The zero-order chi connectivity index (χ0) is 18.7. The van der Waals surface area contributed by atoms with Crippen molar-refractivity contribution in [1.82, 2.24) is 5.32 Å². The summed E-state index contributed by atoms with van der Waals surface area (Å²) >= 11 is 0. The second kappa shape index (κ2) is 10.5. The number of hydrogen-bond acceptors (Lipinski definition) is 5. The van der Waals surface area contributed by atoms with Crippen LogP contribution in [0.5, 0.6) is 0 Å². The van der Waals surface area contributed by atoms with Crippen molar-refractivity contribution < 1.29 is 9.21 Å². The topological polar surface area (TPSA) is 74.6 Å². The Kier molecular flexibility index (Phi) is 9.01. The summed E-state index contributed by atoms with van der Waals surface area (Å²) in [5.41, 5.74) is 1.75. The molecule has 2 aromatic rings. The number of anilines is 2. The van der Waals surface area contributed by atoms with E-state index in [0.29, 0.717) is 17.0 Å². The van der Waals surface area contributed by atoms with E-state index in [2.05, 4.69) is 10.6 Å². The fourth-order valence-corrected chi connectivity index (χ4v) is 3.27. The molecule has 0 saturated carbocycles. The molecule has 1 aliphatic heterocycles. The van der Waals surface area contributed by atoms with E-state index in [4.69, 9.17) is 4.42 Å². The Balaban J connectivity index is 0.00000196. The van der Waals surface area contributed by atoms with Crippen molar-refractivity contribution in [3.05, 3.63) is 57.6 Å². The molecule has 0 radical (unpaired) electrons. The Morgan fingerprint density at radius 3 is 2.46 bits per heavy atom. The number of hydrogen-bond donors (Lipinski definition) is 2. The van der Waals surface area contributed by atoms with Crippen LogP contribution in [-0.4, -0.2) is 33.1 Å². The fourth-order valence-electron chi connectivity index (χ4n) is 3.27. The van der Waals surface area contributed by atoms with Crippen LogP contribution in [0.25, 0.3) is 0 Å². The summed E-state index contributed by atoms with van der Waals surface area (Å²) in [7, 11) is 3.86. The van der Waals surface area contributed by atoms with Gasteiger partial charge in [0.2, 0.25) is 0 Å². The van der Waals surface area contributed by atoms with Crippen molar-refractivity contribution in [2.45, 2.75) is 25.7 Å². The van der Waals surface area contributed by atoms with Gasteiger partial charge < -0.3 is 20.0 Å². The Morgan fingerprint density at radius 2 is 1.86 bits per heavy atom. The van der Waals surface area contributed by atoms with Gasteiger partial charge in [0, 0.05) is 31.4 Å². The highest BCUT2D eigenvalue weighted by molar-refractivity contribution is 6.05. The molecule has 0 unspecified atom stereocenters. The Morgan fingerprint density at radius 1 is 1.18 bits per heavy atom. The Labute approximate surface area is 177 Å². The first kappa shape index (κ1) is 24.0. The summed E-state index contributed by atoms with van der Waals surface area (Å²) in [6, 6.07) is 9.30. The van der Waals surface area contributed by atoms with E-state index < -0.39 is 11.5 Å². The van der Waals surface area contributed by atoms with Gasteiger partial charge in [-0.1, -0.05) is 6.07 Å². The number of aryl methyl sites for hydroxylation is 1. The second-order valence-electron chi connectivity index (χ2n) is 6.92. The average Bonchev–Trinajstić information content (AvgIpc) is 2.62. The zero-order valence-electron chi connectivity index (χ0n) is 16.3. The molecule has 3 rings (SSSR count). The molecule has 0 atom stereocenters.